The molecule has 0 fully saturated rings. The maximum Gasteiger partial charge on any atom is 0.235 e. The fourth-order valence-corrected chi connectivity index (χ4v) is 5.46. The van der Waals surface area contributed by atoms with E-state index in [0.717, 1.165) is 42.5 Å². The fraction of sp³-hybridized carbons (Fsp3) is 0.300. The number of thiophene rings is 1. The molecule has 1 N–H and O–H groups in total. The van der Waals surface area contributed by atoms with Crippen LogP contribution in [0.3, 0.4) is 0 Å². The van der Waals surface area contributed by atoms with Gasteiger partial charge in [-0.25, -0.2) is 0 Å². The summed E-state index contributed by atoms with van der Waals surface area (Å²) >= 11 is 9.04. The molecular formula is C20H18ClN5OS2. The van der Waals surface area contributed by atoms with Crippen molar-refractivity contribution in [2.75, 3.05) is 11.1 Å². The number of rotatable bonds is 5. The maximum atomic E-state index is 12.5. The molecule has 1 aromatic carbocycles. The van der Waals surface area contributed by atoms with Crippen LogP contribution in [-0.4, -0.2) is 26.4 Å². The summed E-state index contributed by atoms with van der Waals surface area (Å²) in [5.74, 6) is 0.00714. The molecule has 0 spiro atoms. The summed E-state index contributed by atoms with van der Waals surface area (Å²) in [4.78, 5) is 13.8. The second kappa shape index (κ2) is 8.57. The van der Waals surface area contributed by atoms with E-state index in [1.807, 2.05) is 25.1 Å². The van der Waals surface area contributed by atoms with E-state index >= 15 is 0 Å². The van der Waals surface area contributed by atoms with E-state index in [0.29, 0.717) is 20.7 Å². The van der Waals surface area contributed by atoms with Crippen molar-refractivity contribution in [1.29, 1.82) is 5.26 Å². The SMILES string of the molecule is Cc1ccc(-n2cnnc2SCC(=O)Nc2sc3c(c2C#N)CCCC3)cc1Cl. The van der Waals surface area contributed by atoms with Gasteiger partial charge in [0, 0.05) is 9.90 Å². The van der Waals surface area contributed by atoms with E-state index in [-0.39, 0.29) is 11.7 Å². The van der Waals surface area contributed by atoms with Gasteiger partial charge in [-0.15, -0.1) is 21.5 Å². The lowest BCUT2D eigenvalue weighted by Crippen LogP contribution is -2.14. The van der Waals surface area contributed by atoms with E-state index < -0.39 is 0 Å². The summed E-state index contributed by atoms with van der Waals surface area (Å²) in [6, 6.07) is 7.98. The number of aromatic nitrogens is 3. The normalized spacial score (nSPS) is 13.0. The van der Waals surface area contributed by atoms with Gasteiger partial charge in [0.05, 0.1) is 17.0 Å². The minimum atomic E-state index is -0.165. The Kier molecular flexibility index (Phi) is 5.90. The topological polar surface area (TPSA) is 83.6 Å². The molecule has 3 aromatic rings. The summed E-state index contributed by atoms with van der Waals surface area (Å²) in [5.41, 5.74) is 3.57. The average molecular weight is 444 g/mol. The minimum absolute atomic E-state index is 0.165. The Hall–Kier alpha value is -2.34. The number of carbonyl (C=O) groups excluding carboxylic acids is 1. The lowest BCUT2D eigenvalue weighted by Gasteiger charge is -2.09. The summed E-state index contributed by atoms with van der Waals surface area (Å²) < 4.78 is 1.80. The van der Waals surface area contributed by atoms with Crippen LogP contribution in [0.5, 0.6) is 0 Å². The third kappa shape index (κ3) is 4.17. The van der Waals surface area contributed by atoms with Crippen molar-refractivity contribution >= 4 is 45.6 Å². The van der Waals surface area contributed by atoms with Crippen LogP contribution in [0.4, 0.5) is 5.00 Å². The smallest absolute Gasteiger partial charge is 0.235 e. The third-order valence-electron chi connectivity index (χ3n) is 4.82. The highest BCUT2D eigenvalue weighted by molar-refractivity contribution is 7.99. The van der Waals surface area contributed by atoms with Gasteiger partial charge in [-0.1, -0.05) is 29.4 Å². The van der Waals surface area contributed by atoms with Gasteiger partial charge >= 0.3 is 0 Å². The molecule has 0 aliphatic heterocycles. The predicted octanol–water partition coefficient (Wildman–Crippen LogP) is 4.77. The molecule has 29 heavy (non-hydrogen) atoms. The van der Waals surface area contributed by atoms with Crippen LogP contribution in [0.1, 0.15) is 34.4 Å². The molecule has 0 bridgehead atoms. The van der Waals surface area contributed by atoms with Crippen molar-refractivity contribution in [2.24, 2.45) is 0 Å². The van der Waals surface area contributed by atoms with Gasteiger partial charge in [0.25, 0.3) is 0 Å². The van der Waals surface area contributed by atoms with Crippen LogP contribution < -0.4 is 5.32 Å². The molecule has 0 saturated carbocycles. The number of aryl methyl sites for hydroxylation is 2. The van der Waals surface area contributed by atoms with Crippen molar-refractivity contribution in [3.63, 3.8) is 0 Å². The number of nitrogens with one attached hydrogen (secondary N) is 1. The Morgan fingerprint density at radius 1 is 1.41 bits per heavy atom. The predicted molar refractivity (Wildman–Crippen MR) is 116 cm³/mol. The quantitative estimate of drug-likeness (QED) is 0.574. The number of nitriles is 1. The van der Waals surface area contributed by atoms with Crippen molar-refractivity contribution in [2.45, 2.75) is 37.8 Å². The Morgan fingerprint density at radius 3 is 3.03 bits per heavy atom. The van der Waals surface area contributed by atoms with Crippen LogP contribution in [0, 0.1) is 18.3 Å². The molecule has 4 rings (SSSR count). The maximum absolute atomic E-state index is 12.5. The highest BCUT2D eigenvalue weighted by Crippen LogP contribution is 2.37. The monoisotopic (exact) mass is 443 g/mol. The number of amides is 1. The van der Waals surface area contributed by atoms with Crippen molar-refractivity contribution in [3.8, 4) is 11.8 Å². The standard InChI is InChI=1S/C20H18ClN5OS2/c1-12-6-7-13(8-16(12)21)26-11-23-25-20(26)28-10-18(27)24-19-15(9-22)14-4-2-3-5-17(14)29-19/h6-8,11H,2-5,10H2,1H3,(H,24,27). The van der Waals surface area contributed by atoms with Gasteiger partial charge in [-0.2, -0.15) is 5.26 Å². The first-order valence-corrected chi connectivity index (χ1v) is 11.4. The highest BCUT2D eigenvalue weighted by atomic mass is 35.5. The van der Waals surface area contributed by atoms with Gasteiger partial charge in [-0.3, -0.25) is 9.36 Å². The van der Waals surface area contributed by atoms with Crippen LogP contribution >= 0.6 is 34.7 Å². The molecule has 2 heterocycles. The molecule has 1 aliphatic rings. The van der Waals surface area contributed by atoms with Crippen LogP contribution in [-0.2, 0) is 17.6 Å². The first kappa shape index (κ1) is 20.0. The number of hydrogen-bond acceptors (Lipinski definition) is 6. The van der Waals surface area contributed by atoms with Gasteiger partial charge in [0.15, 0.2) is 5.16 Å². The second-order valence-corrected chi connectivity index (χ2v) is 9.24. The Labute approximate surface area is 181 Å². The number of fused-ring (bicyclic) bond motifs is 1. The summed E-state index contributed by atoms with van der Waals surface area (Å²) in [7, 11) is 0. The Bertz CT molecular complexity index is 1110. The number of benzene rings is 1. The van der Waals surface area contributed by atoms with Crippen LogP contribution in [0.25, 0.3) is 5.69 Å². The van der Waals surface area contributed by atoms with Crippen LogP contribution in [0.15, 0.2) is 29.7 Å². The van der Waals surface area contributed by atoms with E-state index in [4.69, 9.17) is 11.6 Å². The number of nitrogens with zero attached hydrogens (tertiary/aromatic N) is 4. The van der Waals surface area contributed by atoms with E-state index in [1.165, 1.54) is 28.0 Å². The lowest BCUT2D eigenvalue weighted by atomic mass is 9.96. The number of hydrogen-bond donors (Lipinski definition) is 1. The second-order valence-electron chi connectivity index (χ2n) is 6.78. The largest absolute Gasteiger partial charge is 0.316 e. The summed E-state index contributed by atoms with van der Waals surface area (Å²) in [5, 5.41) is 22.4. The van der Waals surface area contributed by atoms with Crippen molar-refractivity contribution in [3.05, 3.63) is 51.1 Å². The number of carbonyl (C=O) groups is 1. The van der Waals surface area contributed by atoms with Crippen LogP contribution in [0.2, 0.25) is 5.02 Å². The van der Waals surface area contributed by atoms with E-state index in [9.17, 15) is 10.1 Å². The summed E-state index contributed by atoms with van der Waals surface area (Å²) in [6.45, 7) is 1.94. The molecule has 0 saturated heterocycles. The van der Waals surface area contributed by atoms with Gasteiger partial charge < -0.3 is 5.32 Å². The van der Waals surface area contributed by atoms with Gasteiger partial charge in [0.1, 0.15) is 17.4 Å². The van der Waals surface area contributed by atoms with Crippen molar-refractivity contribution < 1.29 is 4.79 Å². The first-order chi connectivity index (χ1) is 14.1. The van der Waals surface area contributed by atoms with E-state index in [1.54, 1.807) is 10.9 Å². The average Bonchev–Trinajstić information content (AvgIpc) is 3.32. The molecule has 2 aromatic heterocycles. The minimum Gasteiger partial charge on any atom is -0.316 e. The Morgan fingerprint density at radius 2 is 2.24 bits per heavy atom. The molecular weight excluding hydrogens is 426 g/mol. The Balaban J connectivity index is 1.45. The lowest BCUT2D eigenvalue weighted by molar-refractivity contribution is -0.113. The number of thioether (sulfide) groups is 1. The molecule has 0 unspecified atom stereocenters. The number of halogens is 1. The zero-order valence-electron chi connectivity index (χ0n) is 15.7. The zero-order chi connectivity index (χ0) is 20.4. The van der Waals surface area contributed by atoms with Gasteiger partial charge in [-0.05, 0) is 55.9 Å². The summed E-state index contributed by atoms with van der Waals surface area (Å²) in [6.07, 6.45) is 5.74. The zero-order valence-corrected chi connectivity index (χ0v) is 18.1. The van der Waals surface area contributed by atoms with E-state index in [2.05, 4.69) is 21.6 Å². The molecule has 0 radical (unpaired) electrons. The van der Waals surface area contributed by atoms with Crippen molar-refractivity contribution in [1.82, 2.24) is 14.8 Å². The number of anilines is 1. The molecule has 1 aliphatic carbocycles. The molecule has 1 amide bonds. The van der Waals surface area contributed by atoms with Gasteiger partial charge in [0.2, 0.25) is 5.91 Å². The first-order valence-electron chi connectivity index (χ1n) is 9.20. The third-order valence-corrected chi connectivity index (χ3v) is 7.38. The molecule has 0 atom stereocenters. The molecule has 9 heteroatoms. The molecule has 6 nitrogen and oxygen atoms in total. The highest BCUT2D eigenvalue weighted by Gasteiger charge is 2.22. The molecule has 148 valence electrons. The fourth-order valence-electron chi connectivity index (χ4n) is 3.30.